The van der Waals surface area contributed by atoms with E-state index in [4.69, 9.17) is 0 Å². The lowest BCUT2D eigenvalue weighted by Gasteiger charge is -2.35. The van der Waals surface area contributed by atoms with E-state index < -0.39 is 0 Å². The number of nitrogens with one attached hydrogen (secondary N) is 4. The molecule has 0 aromatic carbocycles. The van der Waals surface area contributed by atoms with Gasteiger partial charge in [-0.05, 0) is 15.9 Å². The Bertz CT molecular complexity index is 400. The minimum absolute atomic E-state index is 0.215. The van der Waals surface area contributed by atoms with Gasteiger partial charge in [0, 0.05) is 33.2 Å². The second kappa shape index (κ2) is 4.06. The van der Waals surface area contributed by atoms with Crippen LogP contribution in [0.2, 0.25) is 0 Å². The van der Waals surface area contributed by atoms with Crippen LogP contribution in [0.4, 0.5) is 0 Å². The van der Waals surface area contributed by atoms with E-state index in [1.54, 1.807) is 0 Å². The van der Waals surface area contributed by atoms with Gasteiger partial charge >= 0.3 is 0 Å². The maximum absolute atomic E-state index is 3.74. The molecule has 4 aliphatic rings. The summed E-state index contributed by atoms with van der Waals surface area (Å²) < 4.78 is 1.13. The molecule has 100 valence electrons. The molecule has 4 N–H and O–H groups in total. The Labute approximate surface area is 115 Å². The molecular weight excluding hydrogens is 298 g/mol. The predicted octanol–water partition coefficient (Wildman–Crippen LogP) is -1.69. The van der Waals surface area contributed by atoms with Crippen LogP contribution >= 0.6 is 15.9 Å². The first-order valence-corrected chi connectivity index (χ1v) is 7.23. The number of nitrogens with zero attached hydrogens (tertiary/aromatic N) is 3. The number of hydrogen-bond donors (Lipinski definition) is 4. The van der Waals surface area contributed by atoms with E-state index in [0.29, 0.717) is 6.17 Å². The van der Waals surface area contributed by atoms with Crippen LogP contribution in [0.5, 0.6) is 0 Å². The van der Waals surface area contributed by atoms with E-state index in [1.807, 2.05) is 0 Å². The molecule has 4 aliphatic heterocycles. The van der Waals surface area contributed by atoms with E-state index in [2.05, 4.69) is 59.4 Å². The van der Waals surface area contributed by atoms with Crippen LogP contribution in [0, 0.1) is 0 Å². The van der Waals surface area contributed by atoms with Gasteiger partial charge in [0.15, 0.2) is 0 Å². The van der Waals surface area contributed by atoms with Crippen molar-refractivity contribution in [1.82, 2.24) is 36.4 Å². The topological polar surface area (TPSA) is 57.8 Å². The van der Waals surface area contributed by atoms with E-state index >= 15 is 0 Å². The summed E-state index contributed by atoms with van der Waals surface area (Å²) in [5, 5.41) is 21.0. The third-order valence-corrected chi connectivity index (χ3v) is 4.84. The van der Waals surface area contributed by atoms with Crippen molar-refractivity contribution in [3.05, 3.63) is 10.3 Å². The molecule has 4 heterocycles. The summed E-state index contributed by atoms with van der Waals surface area (Å²) in [5.74, 6) is 0. The Morgan fingerprint density at radius 1 is 1.06 bits per heavy atom. The van der Waals surface area contributed by atoms with Gasteiger partial charge in [0.05, 0.1) is 5.70 Å². The fraction of sp³-hybridized carbons (Fsp3) is 0.800. The van der Waals surface area contributed by atoms with Gasteiger partial charge < -0.3 is 5.32 Å². The molecule has 3 fully saturated rings. The second-order valence-electron chi connectivity index (χ2n) is 5.02. The number of fused-ring (bicyclic) bond motifs is 5. The lowest BCUT2D eigenvalue weighted by atomic mass is 10.2. The maximum atomic E-state index is 3.74. The molecule has 7 nitrogen and oxygen atoms in total. The van der Waals surface area contributed by atoms with E-state index in [1.165, 1.54) is 5.70 Å². The fourth-order valence-electron chi connectivity index (χ4n) is 3.26. The first-order valence-electron chi connectivity index (χ1n) is 6.44. The van der Waals surface area contributed by atoms with Gasteiger partial charge in [-0.2, -0.15) is 0 Å². The maximum Gasteiger partial charge on any atom is 0.138 e. The third-order valence-electron chi connectivity index (χ3n) is 4.05. The lowest BCUT2D eigenvalue weighted by molar-refractivity contribution is -0.118. The molecule has 0 saturated carbocycles. The summed E-state index contributed by atoms with van der Waals surface area (Å²) in [6, 6.07) is 0. The van der Waals surface area contributed by atoms with E-state index in [9.17, 15) is 0 Å². The molecule has 3 saturated heterocycles. The highest BCUT2D eigenvalue weighted by atomic mass is 79.9. The van der Waals surface area contributed by atoms with Crippen molar-refractivity contribution in [3.63, 3.8) is 0 Å². The average Bonchev–Trinajstić information content (AvgIpc) is 2.87. The summed E-state index contributed by atoms with van der Waals surface area (Å²) in [6.07, 6.45) is 0.809. The summed E-state index contributed by atoms with van der Waals surface area (Å²) in [5.41, 5.74) is 1.24. The molecule has 0 amide bonds. The van der Waals surface area contributed by atoms with Crippen LogP contribution in [0.3, 0.4) is 0 Å². The molecule has 4 rings (SSSR count). The van der Waals surface area contributed by atoms with Crippen LogP contribution in [-0.2, 0) is 0 Å². The van der Waals surface area contributed by atoms with Crippen molar-refractivity contribution in [1.29, 1.82) is 0 Å². The Morgan fingerprint density at radius 2 is 1.78 bits per heavy atom. The van der Waals surface area contributed by atoms with Crippen LogP contribution in [0.1, 0.15) is 0 Å². The standard InChI is InChI=1S/C10H18BrN7/c1-16-9-10(15-5-4-14-9)17-7(11)6-8(18(16)17)13-3-2-12-6/h8-10,12-15H,2-5H2,1H3. The SMILES string of the molecule is CN1C2NCCNC2N2C(Br)=C3NCCNC3N12. The van der Waals surface area contributed by atoms with Crippen LogP contribution in [0.25, 0.3) is 0 Å². The fourth-order valence-corrected chi connectivity index (χ4v) is 4.00. The summed E-state index contributed by atoms with van der Waals surface area (Å²) in [6.45, 7) is 3.98. The molecule has 0 aromatic rings. The van der Waals surface area contributed by atoms with Crippen molar-refractivity contribution in [3.8, 4) is 0 Å². The zero-order valence-corrected chi connectivity index (χ0v) is 11.9. The van der Waals surface area contributed by atoms with Gasteiger partial charge in [-0.3, -0.25) is 21.0 Å². The van der Waals surface area contributed by atoms with Crippen molar-refractivity contribution >= 4 is 15.9 Å². The minimum Gasteiger partial charge on any atom is -0.382 e. The lowest BCUT2D eigenvalue weighted by Crippen LogP contribution is -2.61. The smallest absolute Gasteiger partial charge is 0.138 e. The van der Waals surface area contributed by atoms with Crippen molar-refractivity contribution in [2.75, 3.05) is 33.2 Å². The van der Waals surface area contributed by atoms with Crippen LogP contribution in [-0.4, -0.2) is 66.9 Å². The average molecular weight is 316 g/mol. The third kappa shape index (κ3) is 1.36. The highest BCUT2D eigenvalue weighted by Crippen LogP contribution is 2.39. The van der Waals surface area contributed by atoms with Gasteiger partial charge in [-0.25, -0.2) is 5.01 Å². The van der Waals surface area contributed by atoms with Gasteiger partial charge in [-0.1, -0.05) is 0 Å². The first kappa shape index (κ1) is 11.4. The Balaban J connectivity index is 1.73. The molecule has 0 aliphatic carbocycles. The highest BCUT2D eigenvalue weighted by Gasteiger charge is 2.54. The van der Waals surface area contributed by atoms with Gasteiger partial charge in [0.2, 0.25) is 0 Å². The summed E-state index contributed by atoms with van der Waals surface area (Å²) >= 11 is 3.74. The highest BCUT2D eigenvalue weighted by molar-refractivity contribution is 9.11. The van der Waals surface area contributed by atoms with E-state index in [-0.39, 0.29) is 12.3 Å². The van der Waals surface area contributed by atoms with Gasteiger partial charge in [0.25, 0.3) is 0 Å². The number of hydrazine groups is 2. The van der Waals surface area contributed by atoms with Gasteiger partial charge in [-0.15, -0.1) is 5.12 Å². The Morgan fingerprint density at radius 3 is 2.61 bits per heavy atom. The number of halogens is 1. The molecule has 3 unspecified atom stereocenters. The monoisotopic (exact) mass is 315 g/mol. The first-order chi connectivity index (χ1) is 8.79. The minimum atomic E-state index is 0.215. The number of likely N-dealkylation sites (N-methyl/N-ethyl adjacent to an activating group) is 1. The Kier molecular flexibility index (Phi) is 2.58. The Hall–Kier alpha value is -0.380. The van der Waals surface area contributed by atoms with Gasteiger partial charge in [0.1, 0.15) is 23.1 Å². The largest absolute Gasteiger partial charge is 0.382 e. The summed E-state index contributed by atoms with van der Waals surface area (Å²) in [4.78, 5) is 0. The molecule has 0 spiro atoms. The predicted molar refractivity (Wildman–Crippen MR) is 70.8 cm³/mol. The molecule has 0 radical (unpaired) electrons. The quantitative estimate of drug-likeness (QED) is 0.398. The zero-order chi connectivity index (χ0) is 12.3. The number of hydrogen-bond acceptors (Lipinski definition) is 7. The van der Waals surface area contributed by atoms with Crippen molar-refractivity contribution in [2.45, 2.75) is 18.5 Å². The van der Waals surface area contributed by atoms with E-state index in [0.717, 1.165) is 30.8 Å². The van der Waals surface area contributed by atoms with Crippen molar-refractivity contribution in [2.24, 2.45) is 0 Å². The molecule has 3 atom stereocenters. The van der Waals surface area contributed by atoms with Crippen LogP contribution in [0.15, 0.2) is 10.3 Å². The normalized spacial score (nSPS) is 40.6. The number of rotatable bonds is 0. The van der Waals surface area contributed by atoms with Crippen molar-refractivity contribution < 1.29 is 0 Å². The molecule has 8 heteroatoms. The molecular formula is C10H18BrN7. The zero-order valence-electron chi connectivity index (χ0n) is 10.3. The molecule has 0 aromatic heterocycles. The molecule has 0 bridgehead atoms. The molecule has 18 heavy (non-hydrogen) atoms. The summed E-state index contributed by atoms with van der Waals surface area (Å²) in [7, 11) is 2.14. The van der Waals surface area contributed by atoms with Crippen LogP contribution < -0.4 is 21.3 Å². The number of piperazine rings is 2. The second-order valence-corrected chi connectivity index (χ2v) is 5.78.